The maximum atomic E-state index is 13.0. The van der Waals surface area contributed by atoms with Crippen molar-refractivity contribution in [3.05, 3.63) is 77.5 Å². The quantitative estimate of drug-likeness (QED) is 0.408. The van der Waals surface area contributed by atoms with Crippen LogP contribution in [0.4, 0.5) is 15.8 Å². The maximum absolute atomic E-state index is 13.0. The van der Waals surface area contributed by atoms with Crippen molar-refractivity contribution in [2.24, 2.45) is 7.05 Å². The lowest BCUT2D eigenvalue weighted by molar-refractivity contribution is 0.0992. The predicted octanol–water partition coefficient (Wildman–Crippen LogP) is 3.76. The summed E-state index contributed by atoms with van der Waals surface area (Å²) in [5, 5.41) is 13.8. The van der Waals surface area contributed by atoms with Crippen LogP contribution in [0.3, 0.4) is 0 Å². The molecule has 2 amide bonds. The van der Waals surface area contributed by atoms with E-state index in [1.165, 1.54) is 41.2 Å². The van der Waals surface area contributed by atoms with Crippen molar-refractivity contribution in [1.82, 2.24) is 19.6 Å². The number of furan rings is 1. The molecule has 0 radical (unpaired) electrons. The zero-order valence-electron chi connectivity index (χ0n) is 18.8. The number of ether oxygens (including phenoxy) is 1. The van der Waals surface area contributed by atoms with Gasteiger partial charge in [-0.15, -0.1) is 0 Å². The molecule has 0 saturated carbocycles. The fourth-order valence-corrected chi connectivity index (χ4v) is 3.21. The lowest BCUT2D eigenvalue weighted by Crippen LogP contribution is -2.21. The number of hydrogen-bond acceptors (Lipinski definition) is 6. The fraction of sp³-hybridized carbons (Fsp3) is 0.217. The van der Waals surface area contributed by atoms with E-state index in [2.05, 4.69) is 20.8 Å². The number of hydrogen-bond donors (Lipinski definition) is 2. The van der Waals surface area contributed by atoms with Gasteiger partial charge in [-0.05, 0) is 50.2 Å². The maximum Gasteiger partial charge on any atom is 0.291 e. The number of nitrogens with one attached hydrogen (secondary N) is 2. The van der Waals surface area contributed by atoms with Gasteiger partial charge in [-0.2, -0.15) is 10.2 Å². The van der Waals surface area contributed by atoms with Crippen molar-refractivity contribution in [3.8, 4) is 5.75 Å². The Morgan fingerprint density at radius 1 is 1.03 bits per heavy atom. The van der Waals surface area contributed by atoms with Crippen LogP contribution in [-0.4, -0.2) is 31.4 Å². The summed E-state index contributed by atoms with van der Waals surface area (Å²) in [5.74, 6) is -0.427. The molecular weight excluding hydrogens is 443 g/mol. The summed E-state index contributed by atoms with van der Waals surface area (Å²) in [6, 6.07) is 8.68. The Kier molecular flexibility index (Phi) is 6.44. The Labute approximate surface area is 194 Å². The lowest BCUT2D eigenvalue weighted by Gasteiger charge is -2.09. The van der Waals surface area contributed by atoms with Gasteiger partial charge >= 0.3 is 0 Å². The standard InChI is InChI=1S/C23H23FN6O4/c1-4-30-21(23(32)27-18-11-25-29(3)14(18)2)19(12-26-30)28-22(31)20-10-9-17(34-20)13-33-16-7-5-15(24)6-8-16/h5-12H,4,13H2,1-3H3,(H,27,32)(H,28,31). The molecule has 0 atom stereocenters. The van der Waals surface area contributed by atoms with Crippen LogP contribution in [0, 0.1) is 12.7 Å². The lowest BCUT2D eigenvalue weighted by atomic mass is 10.3. The van der Waals surface area contributed by atoms with Gasteiger partial charge in [0.05, 0.1) is 29.5 Å². The molecule has 0 saturated heterocycles. The van der Waals surface area contributed by atoms with Crippen LogP contribution in [0.25, 0.3) is 0 Å². The molecule has 0 bridgehead atoms. The van der Waals surface area contributed by atoms with Crippen LogP contribution in [-0.2, 0) is 20.2 Å². The molecule has 2 N–H and O–H groups in total. The van der Waals surface area contributed by atoms with Crippen LogP contribution in [0.1, 0.15) is 39.4 Å². The number of aryl methyl sites for hydroxylation is 2. The Hall–Kier alpha value is -4.41. The van der Waals surface area contributed by atoms with Crippen molar-refractivity contribution < 1.29 is 23.1 Å². The van der Waals surface area contributed by atoms with E-state index < -0.39 is 11.8 Å². The number of amides is 2. The number of halogens is 1. The number of rotatable bonds is 8. The minimum Gasteiger partial charge on any atom is -0.486 e. The highest BCUT2D eigenvalue weighted by atomic mass is 19.1. The first-order valence-electron chi connectivity index (χ1n) is 10.5. The number of aromatic nitrogens is 4. The highest BCUT2D eigenvalue weighted by Crippen LogP contribution is 2.21. The third-order valence-corrected chi connectivity index (χ3v) is 5.17. The first-order chi connectivity index (χ1) is 16.4. The molecule has 0 aliphatic rings. The summed E-state index contributed by atoms with van der Waals surface area (Å²) >= 11 is 0. The van der Waals surface area contributed by atoms with E-state index in [0.717, 1.165) is 5.69 Å². The van der Waals surface area contributed by atoms with Gasteiger partial charge < -0.3 is 19.8 Å². The monoisotopic (exact) mass is 466 g/mol. The van der Waals surface area contributed by atoms with Crippen molar-refractivity contribution in [2.75, 3.05) is 10.6 Å². The molecule has 0 spiro atoms. The third kappa shape index (κ3) is 4.82. The van der Waals surface area contributed by atoms with Crippen molar-refractivity contribution in [3.63, 3.8) is 0 Å². The minimum absolute atomic E-state index is 0.0383. The zero-order valence-corrected chi connectivity index (χ0v) is 18.8. The third-order valence-electron chi connectivity index (χ3n) is 5.17. The van der Waals surface area contributed by atoms with Gasteiger partial charge in [0.25, 0.3) is 11.8 Å². The second kappa shape index (κ2) is 9.61. The Morgan fingerprint density at radius 2 is 1.74 bits per heavy atom. The molecule has 34 heavy (non-hydrogen) atoms. The normalized spacial score (nSPS) is 10.8. The van der Waals surface area contributed by atoms with Gasteiger partial charge in [0.1, 0.15) is 29.6 Å². The molecule has 4 aromatic rings. The van der Waals surface area contributed by atoms with Crippen LogP contribution in [0.15, 0.2) is 53.2 Å². The van der Waals surface area contributed by atoms with Gasteiger partial charge in [-0.3, -0.25) is 19.0 Å². The summed E-state index contributed by atoms with van der Waals surface area (Å²) in [6.07, 6.45) is 2.96. The van der Waals surface area contributed by atoms with E-state index in [4.69, 9.17) is 9.15 Å². The minimum atomic E-state index is -0.546. The molecule has 0 fully saturated rings. The Morgan fingerprint density at radius 3 is 2.41 bits per heavy atom. The molecule has 11 heteroatoms. The summed E-state index contributed by atoms with van der Waals surface area (Å²) in [5.41, 5.74) is 1.79. The van der Waals surface area contributed by atoms with Gasteiger partial charge in [-0.1, -0.05) is 0 Å². The second-order valence-corrected chi connectivity index (χ2v) is 7.41. The molecule has 3 heterocycles. The number of benzene rings is 1. The van der Waals surface area contributed by atoms with E-state index in [1.807, 2.05) is 13.8 Å². The van der Waals surface area contributed by atoms with Gasteiger partial charge in [0.2, 0.25) is 0 Å². The summed E-state index contributed by atoms with van der Waals surface area (Å²) in [7, 11) is 1.77. The van der Waals surface area contributed by atoms with Crippen molar-refractivity contribution >= 4 is 23.2 Å². The highest BCUT2D eigenvalue weighted by molar-refractivity contribution is 6.11. The molecule has 0 unspecified atom stereocenters. The Balaban J connectivity index is 1.45. The smallest absolute Gasteiger partial charge is 0.291 e. The molecule has 176 valence electrons. The largest absolute Gasteiger partial charge is 0.486 e. The molecular formula is C23H23FN6O4. The average Bonchev–Trinajstić information content (AvgIpc) is 3.54. The van der Waals surface area contributed by atoms with Crippen LogP contribution < -0.4 is 15.4 Å². The molecule has 3 aromatic heterocycles. The summed E-state index contributed by atoms with van der Waals surface area (Å²) < 4.78 is 27.2. The van der Waals surface area contributed by atoms with Gasteiger partial charge in [0, 0.05) is 13.6 Å². The SMILES string of the molecule is CCn1ncc(NC(=O)c2ccc(COc3ccc(F)cc3)o2)c1C(=O)Nc1cnn(C)c1C. The number of anilines is 2. The first kappa shape index (κ1) is 22.8. The van der Waals surface area contributed by atoms with E-state index in [-0.39, 0.29) is 29.6 Å². The van der Waals surface area contributed by atoms with Crippen LogP contribution in [0.2, 0.25) is 0 Å². The van der Waals surface area contributed by atoms with Crippen LogP contribution >= 0.6 is 0 Å². The fourth-order valence-electron chi connectivity index (χ4n) is 3.21. The molecule has 1 aromatic carbocycles. The van der Waals surface area contributed by atoms with Crippen LogP contribution in [0.5, 0.6) is 5.75 Å². The molecule has 10 nitrogen and oxygen atoms in total. The Bertz CT molecular complexity index is 1320. The van der Waals surface area contributed by atoms with Gasteiger partial charge in [0.15, 0.2) is 5.76 Å². The van der Waals surface area contributed by atoms with Gasteiger partial charge in [-0.25, -0.2) is 4.39 Å². The predicted molar refractivity (Wildman–Crippen MR) is 121 cm³/mol. The topological polar surface area (TPSA) is 116 Å². The second-order valence-electron chi connectivity index (χ2n) is 7.41. The van der Waals surface area contributed by atoms with Crippen molar-refractivity contribution in [2.45, 2.75) is 27.0 Å². The van der Waals surface area contributed by atoms with E-state index in [0.29, 0.717) is 23.7 Å². The first-order valence-corrected chi connectivity index (χ1v) is 10.5. The van der Waals surface area contributed by atoms with Crippen molar-refractivity contribution in [1.29, 1.82) is 0 Å². The molecule has 4 rings (SSSR count). The number of nitrogens with zero attached hydrogens (tertiary/aromatic N) is 4. The van der Waals surface area contributed by atoms with E-state index in [9.17, 15) is 14.0 Å². The molecule has 0 aliphatic carbocycles. The number of carbonyl (C=O) groups is 2. The summed E-state index contributed by atoms with van der Waals surface area (Å²) in [4.78, 5) is 25.7. The summed E-state index contributed by atoms with van der Waals surface area (Å²) in [6.45, 7) is 4.16. The van der Waals surface area contributed by atoms with E-state index in [1.54, 1.807) is 24.0 Å². The van der Waals surface area contributed by atoms with E-state index >= 15 is 0 Å². The zero-order chi connectivity index (χ0) is 24.2. The highest BCUT2D eigenvalue weighted by Gasteiger charge is 2.22. The number of carbonyl (C=O) groups excluding carboxylic acids is 2. The molecule has 0 aliphatic heterocycles. The average molecular weight is 466 g/mol.